The second kappa shape index (κ2) is 6.52. The van der Waals surface area contributed by atoms with Gasteiger partial charge < -0.3 is 20.4 Å². The van der Waals surface area contributed by atoms with Gasteiger partial charge in [-0.3, -0.25) is 9.79 Å². The number of thioether (sulfide) groups is 1. The van der Waals surface area contributed by atoms with Crippen LogP contribution in [-0.2, 0) is 9.59 Å². The third-order valence-electron chi connectivity index (χ3n) is 4.37. The lowest BCUT2D eigenvalue weighted by Gasteiger charge is -2.44. The molecule has 0 radical (unpaired) electrons. The zero-order valence-electron chi connectivity index (χ0n) is 12.9. The summed E-state index contributed by atoms with van der Waals surface area (Å²) in [5.74, 6) is -1.18. The maximum Gasteiger partial charge on any atom is 0.353 e. The van der Waals surface area contributed by atoms with E-state index in [1.165, 1.54) is 29.5 Å². The van der Waals surface area contributed by atoms with Crippen LogP contribution in [0.5, 0.6) is 0 Å². The molecule has 2 aliphatic heterocycles. The molecule has 1 saturated heterocycles. The predicted octanol–water partition coefficient (Wildman–Crippen LogP) is 0.408. The Morgan fingerprint density at radius 1 is 1.57 bits per heavy atom. The first-order chi connectivity index (χ1) is 11.0. The van der Waals surface area contributed by atoms with Crippen LogP contribution in [0.3, 0.4) is 0 Å². The lowest BCUT2D eigenvalue weighted by atomic mass is 9.83. The fourth-order valence-electron chi connectivity index (χ4n) is 3.05. The number of carbonyl (C=O) groups is 2. The van der Waals surface area contributed by atoms with E-state index in [9.17, 15) is 19.8 Å². The van der Waals surface area contributed by atoms with Crippen LogP contribution < -0.4 is 5.32 Å². The third kappa shape index (κ3) is 3.23. The van der Waals surface area contributed by atoms with Crippen LogP contribution in [0.1, 0.15) is 26.2 Å². The van der Waals surface area contributed by atoms with E-state index < -0.39 is 18.0 Å². The minimum Gasteiger partial charge on any atom is -0.477 e. The van der Waals surface area contributed by atoms with E-state index in [0.29, 0.717) is 29.7 Å². The Morgan fingerprint density at radius 2 is 2.30 bits per heavy atom. The van der Waals surface area contributed by atoms with Crippen molar-refractivity contribution in [2.45, 2.75) is 44.4 Å². The minimum atomic E-state index is -1.08. The van der Waals surface area contributed by atoms with Crippen molar-refractivity contribution in [1.29, 1.82) is 0 Å². The first kappa shape index (κ1) is 16.3. The van der Waals surface area contributed by atoms with Crippen molar-refractivity contribution in [1.82, 2.24) is 10.2 Å². The van der Waals surface area contributed by atoms with Gasteiger partial charge in [0.25, 0.3) is 0 Å². The van der Waals surface area contributed by atoms with Gasteiger partial charge in [0.1, 0.15) is 5.70 Å². The number of rotatable bonds is 8. The molecule has 23 heavy (non-hydrogen) atoms. The van der Waals surface area contributed by atoms with Gasteiger partial charge in [0.15, 0.2) is 0 Å². The van der Waals surface area contributed by atoms with Crippen LogP contribution >= 0.6 is 11.8 Å². The number of amides is 1. The lowest BCUT2D eigenvalue weighted by molar-refractivity contribution is -0.161. The monoisotopic (exact) mass is 339 g/mol. The molecular formula is C15H21N3O4S. The fourth-order valence-corrected chi connectivity index (χ4v) is 4.11. The first-order valence-electron chi connectivity index (χ1n) is 7.85. The van der Waals surface area contributed by atoms with E-state index in [4.69, 9.17) is 0 Å². The number of nitrogens with zero attached hydrogens (tertiary/aromatic N) is 2. The van der Waals surface area contributed by atoms with Crippen LogP contribution in [0.2, 0.25) is 0 Å². The molecule has 0 aromatic heterocycles. The highest BCUT2D eigenvalue weighted by Gasteiger charge is 2.56. The van der Waals surface area contributed by atoms with Crippen LogP contribution in [0.25, 0.3) is 0 Å². The van der Waals surface area contributed by atoms with Crippen molar-refractivity contribution < 1.29 is 19.8 Å². The van der Waals surface area contributed by atoms with Crippen LogP contribution in [0.4, 0.5) is 0 Å². The largest absolute Gasteiger partial charge is 0.477 e. The molecule has 1 aliphatic carbocycles. The number of aliphatic hydroxyl groups excluding tert-OH is 1. The number of carboxylic acid groups (broad SMARTS) is 1. The molecular weight excluding hydrogens is 318 g/mol. The zero-order chi connectivity index (χ0) is 16.6. The molecule has 3 aliphatic rings. The molecule has 126 valence electrons. The summed E-state index contributed by atoms with van der Waals surface area (Å²) in [4.78, 5) is 29.8. The SMILES string of the molecule is C[C@@H](O)[C@H]1C(=O)N2C(C(=O)O)=C(SCCN=CNC3CC3)C[C@H]12. The molecule has 3 rings (SSSR count). The van der Waals surface area contributed by atoms with Crippen LogP contribution in [-0.4, -0.2) is 63.8 Å². The highest BCUT2D eigenvalue weighted by atomic mass is 32.2. The Kier molecular flexibility index (Phi) is 4.63. The molecule has 2 heterocycles. The molecule has 1 amide bonds. The highest BCUT2D eigenvalue weighted by Crippen LogP contribution is 2.46. The Bertz CT molecular complexity index is 571. The molecule has 2 fully saturated rings. The average Bonchev–Trinajstić information content (AvgIpc) is 3.23. The molecule has 0 bridgehead atoms. The first-order valence-corrected chi connectivity index (χ1v) is 8.84. The molecule has 8 heteroatoms. The van der Waals surface area contributed by atoms with E-state index in [1.54, 1.807) is 13.3 Å². The summed E-state index contributed by atoms with van der Waals surface area (Å²) >= 11 is 1.44. The summed E-state index contributed by atoms with van der Waals surface area (Å²) in [6.07, 6.45) is 3.88. The number of aliphatic hydroxyl groups is 1. The lowest BCUT2D eigenvalue weighted by Crippen LogP contribution is -2.61. The number of carbonyl (C=O) groups excluding carboxylic acids is 1. The number of nitrogens with one attached hydrogen (secondary N) is 1. The molecule has 0 spiro atoms. The van der Waals surface area contributed by atoms with E-state index in [2.05, 4.69) is 10.3 Å². The summed E-state index contributed by atoms with van der Waals surface area (Å²) in [7, 11) is 0. The summed E-state index contributed by atoms with van der Waals surface area (Å²) in [5.41, 5.74) is 0.0852. The van der Waals surface area contributed by atoms with Gasteiger partial charge in [-0.05, 0) is 19.8 Å². The summed E-state index contributed by atoms with van der Waals surface area (Å²) in [6, 6.07) is 0.366. The number of aliphatic carboxylic acids is 1. The number of hydrogen-bond donors (Lipinski definition) is 3. The second-order valence-electron chi connectivity index (χ2n) is 6.15. The standard InChI is InChI=1S/C15H21N3O4S/c1-8(19)12-10-6-11(13(15(21)22)18(10)14(12)20)23-5-4-16-7-17-9-2-3-9/h7-10,12,19H,2-6H2,1H3,(H,16,17)(H,21,22)/t8-,10-,12-/m1/s1. The average molecular weight is 339 g/mol. The predicted molar refractivity (Wildman–Crippen MR) is 87.1 cm³/mol. The van der Waals surface area contributed by atoms with E-state index in [0.717, 1.165) is 0 Å². The van der Waals surface area contributed by atoms with Gasteiger partial charge in [-0.15, -0.1) is 11.8 Å². The molecule has 0 aromatic carbocycles. The summed E-state index contributed by atoms with van der Waals surface area (Å²) < 4.78 is 0. The Labute approximate surface area is 138 Å². The minimum absolute atomic E-state index is 0.0852. The second-order valence-corrected chi connectivity index (χ2v) is 7.34. The maximum atomic E-state index is 12.1. The summed E-state index contributed by atoms with van der Waals surface area (Å²) in [6.45, 7) is 2.17. The van der Waals surface area contributed by atoms with Gasteiger partial charge in [0, 0.05) is 23.1 Å². The van der Waals surface area contributed by atoms with Crippen molar-refractivity contribution in [2.75, 3.05) is 12.3 Å². The quantitative estimate of drug-likeness (QED) is 0.256. The topological polar surface area (TPSA) is 102 Å². The maximum absolute atomic E-state index is 12.1. The number of fused-ring (bicyclic) bond motifs is 1. The number of aliphatic imine (C=N–C) groups is 1. The molecule has 3 N–H and O–H groups in total. The van der Waals surface area contributed by atoms with E-state index in [-0.39, 0.29) is 17.6 Å². The van der Waals surface area contributed by atoms with Gasteiger partial charge in [-0.25, -0.2) is 4.79 Å². The molecule has 0 unspecified atom stereocenters. The van der Waals surface area contributed by atoms with Gasteiger partial charge in [-0.2, -0.15) is 0 Å². The normalized spacial score (nSPS) is 28.1. The van der Waals surface area contributed by atoms with Crippen molar-refractivity contribution in [3.63, 3.8) is 0 Å². The molecule has 0 aromatic rings. The number of β-lactam (4-membered cyclic amide) rings is 1. The van der Waals surface area contributed by atoms with Gasteiger partial charge >= 0.3 is 5.97 Å². The van der Waals surface area contributed by atoms with Gasteiger partial charge in [-0.1, -0.05) is 0 Å². The van der Waals surface area contributed by atoms with Crippen molar-refractivity contribution in [3.05, 3.63) is 10.6 Å². The fraction of sp³-hybridized carbons (Fsp3) is 0.667. The van der Waals surface area contributed by atoms with Gasteiger partial charge in [0.05, 0.1) is 30.9 Å². The molecule has 7 nitrogen and oxygen atoms in total. The van der Waals surface area contributed by atoms with Gasteiger partial charge in [0.2, 0.25) is 5.91 Å². The number of hydrogen-bond acceptors (Lipinski definition) is 5. The van der Waals surface area contributed by atoms with Crippen LogP contribution in [0.15, 0.2) is 15.6 Å². The van der Waals surface area contributed by atoms with E-state index >= 15 is 0 Å². The summed E-state index contributed by atoms with van der Waals surface area (Å²) in [5, 5.41) is 22.2. The zero-order valence-corrected chi connectivity index (χ0v) is 13.8. The van der Waals surface area contributed by atoms with Crippen LogP contribution in [0, 0.1) is 5.92 Å². The smallest absolute Gasteiger partial charge is 0.353 e. The van der Waals surface area contributed by atoms with Crippen molar-refractivity contribution >= 4 is 30.0 Å². The van der Waals surface area contributed by atoms with Crippen molar-refractivity contribution in [3.8, 4) is 0 Å². The Hall–Kier alpha value is -1.54. The Balaban J connectivity index is 1.56. The highest BCUT2D eigenvalue weighted by molar-refractivity contribution is 8.03. The Morgan fingerprint density at radius 3 is 2.91 bits per heavy atom. The number of carboxylic acids is 1. The van der Waals surface area contributed by atoms with Crippen molar-refractivity contribution in [2.24, 2.45) is 10.9 Å². The van der Waals surface area contributed by atoms with E-state index in [1.807, 2.05) is 0 Å². The molecule has 3 atom stereocenters. The third-order valence-corrected chi connectivity index (χ3v) is 5.46. The molecule has 1 saturated carbocycles.